The number of carbonyl (C=O) groups is 2. The number of benzene rings is 1. The van der Waals surface area contributed by atoms with Crippen LogP contribution >= 0.6 is 0 Å². The highest BCUT2D eigenvalue weighted by molar-refractivity contribution is 5.98. The van der Waals surface area contributed by atoms with Gasteiger partial charge in [0.05, 0.1) is 0 Å². The van der Waals surface area contributed by atoms with Crippen molar-refractivity contribution in [1.82, 2.24) is 10.2 Å². The number of hydrogen-bond acceptors (Lipinski definition) is 3. The van der Waals surface area contributed by atoms with Crippen LogP contribution < -0.4 is 11.1 Å². The van der Waals surface area contributed by atoms with Crippen LogP contribution in [0.5, 0.6) is 0 Å². The molecule has 90 valence electrons. The SMILES string of the molecule is CC1C(=O)NCCN1C(=O)c1cccc(N)c1. The van der Waals surface area contributed by atoms with E-state index >= 15 is 0 Å². The van der Waals surface area contributed by atoms with E-state index in [1.807, 2.05) is 0 Å². The molecular weight excluding hydrogens is 218 g/mol. The van der Waals surface area contributed by atoms with Crippen molar-refractivity contribution in [1.29, 1.82) is 0 Å². The van der Waals surface area contributed by atoms with Gasteiger partial charge < -0.3 is 16.0 Å². The summed E-state index contributed by atoms with van der Waals surface area (Å²) in [4.78, 5) is 25.2. The van der Waals surface area contributed by atoms with Gasteiger partial charge in [-0.2, -0.15) is 0 Å². The lowest BCUT2D eigenvalue weighted by Gasteiger charge is -2.32. The molecule has 1 heterocycles. The highest BCUT2D eigenvalue weighted by Gasteiger charge is 2.29. The molecule has 5 heteroatoms. The number of anilines is 1. The van der Waals surface area contributed by atoms with Gasteiger partial charge in [-0.15, -0.1) is 0 Å². The Morgan fingerprint density at radius 1 is 1.53 bits per heavy atom. The molecule has 0 radical (unpaired) electrons. The van der Waals surface area contributed by atoms with Gasteiger partial charge in [0.1, 0.15) is 6.04 Å². The van der Waals surface area contributed by atoms with Crippen LogP contribution in [0.1, 0.15) is 17.3 Å². The van der Waals surface area contributed by atoms with Gasteiger partial charge in [0.15, 0.2) is 0 Å². The molecule has 0 bridgehead atoms. The maximum atomic E-state index is 12.2. The third-order valence-corrected chi connectivity index (χ3v) is 2.89. The van der Waals surface area contributed by atoms with Crippen molar-refractivity contribution in [3.63, 3.8) is 0 Å². The normalized spacial score (nSPS) is 19.9. The van der Waals surface area contributed by atoms with E-state index in [-0.39, 0.29) is 11.8 Å². The average molecular weight is 233 g/mol. The van der Waals surface area contributed by atoms with Crippen molar-refractivity contribution in [2.45, 2.75) is 13.0 Å². The highest BCUT2D eigenvalue weighted by Crippen LogP contribution is 2.13. The Kier molecular flexibility index (Phi) is 2.99. The summed E-state index contributed by atoms with van der Waals surface area (Å²) >= 11 is 0. The van der Waals surface area contributed by atoms with Crippen LogP contribution in [0.25, 0.3) is 0 Å². The summed E-state index contributed by atoms with van der Waals surface area (Å²) in [6.07, 6.45) is 0. The monoisotopic (exact) mass is 233 g/mol. The lowest BCUT2D eigenvalue weighted by Crippen LogP contribution is -2.55. The van der Waals surface area contributed by atoms with Crippen LogP contribution in [0, 0.1) is 0 Å². The minimum Gasteiger partial charge on any atom is -0.399 e. The van der Waals surface area contributed by atoms with E-state index in [0.29, 0.717) is 24.3 Å². The molecule has 1 atom stereocenters. The predicted molar refractivity (Wildman–Crippen MR) is 64.4 cm³/mol. The van der Waals surface area contributed by atoms with Crippen molar-refractivity contribution in [3.8, 4) is 0 Å². The smallest absolute Gasteiger partial charge is 0.254 e. The van der Waals surface area contributed by atoms with E-state index in [2.05, 4.69) is 5.32 Å². The van der Waals surface area contributed by atoms with E-state index in [4.69, 9.17) is 5.73 Å². The van der Waals surface area contributed by atoms with Crippen LogP contribution in [-0.2, 0) is 4.79 Å². The maximum Gasteiger partial charge on any atom is 0.254 e. The Labute approximate surface area is 99.6 Å². The van der Waals surface area contributed by atoms with Gasteiger partial charge in [-0.3, -0.25) is 9.59 Å². The number of hydrogen-bond donors (Lipinski definition) is 2. The zero-order valence-electron chi connectivity index (χ0n) is 9.64. The van der Waals surface area contributed by atoms with Crippen LogP contribution in [-0.4, -0.2) is 35.8 Å². The molecule has 1 fully saturated rings. The Morgan fingerprint density at radius 2 is 2.29 bits per heavy atom. The lowest BCUT2D eigenvalue weighted by molar-refractivity contribution is -0.127. The molecule has 0 aliphatic carbocycles. The van der Waals surface area contributed by atoms with Crippen LogP contribution in [0.4, 0.5) is 5.69 Å². The third kappa shape index (κ3) is 2.22. The largest absolute Gasteiger partial charge is 0.399 e. The van der Waals surface area contributed by atoms with Gasteiger partial charge in [0.2, 0.25) is 5.91 Å². The molecule has 2 rings (SSSR count). The molecule has 5 nitrogen and oxygen atoms in total. The quantitative estimate of drug-likeness (QED) is 0.682. The molecule has 1 unspecified atom stereocenters. The summed E-state index contributed by atoms with van der Waals surface area (Å²) in [5.74, 6) is -0.270. The molecule has 2 amide bonds. The minimum absolute atomic E-state index is 0.117. The number of nitrogens with two attached hydrogens (primary N) is 1. The molecule has 1 aromatic carbocycles. The number of nitrogens with one attached hydrogen (secondary N) is 1. The Balaban J connectivity index is 2.22. The molecular formula is C12H15N3O2. The number of nitrogens with zero attached hydrogens (tertiary/aromatic N) is 1. The van der Waals surface area contributed by atoms with Crippen molar-refractivity contribution < 1.29 is 9.59 Å². The summed E-state index contributed by atoms with van der Waals surface area (Å²) in [7, 11) is 0. The molecule has 0 saturated carbocycles. The molecule has 0 aromatic heterocycles. The fraction of sp³-hybridized carbons (Fsp3) is 0.333. The summed E-state index contributed by atoms with van der Waals surface area (Å²) in [5.41, 5.74) is 6.70. The third-order valence-electron chi connectivity index (χ3n) is 2.89. The van der Waals surface area contributed by atoms with Crippen molar-refractivity contribution in [3.05, 3.63) is 29.8 Å². The Hall–Kier alpha value is -2.04. The number of carbonyl (C=O) groups excluding carboxylic acids is 2. The van der Waals surface area contributed by atoms with Crippen molar-refractivity contribution >= 4 is 17.5 Å². The molecule has 1 aliphatic heterocycles. The molecule has 1 aromatic rings. The first kappa shape index (κ1) is 11.4. The van der Waals surface area contributed by atoms with E-state index in [0.717, 1.165) is 0 Å². The fourth-order valence-corrected chi connectivity index (χ4v) is 1.90. The second-order valence-corrected chi connectivity index (χ2v) is 4.09. The minimum atomic E-state index is -0.433. The summed E-state index contributed by atoms with van der Waals surface area (Å²) in [6, 6.07) is 6.36. The molecule has 1 saturated heterocycles. The van der Waals surface area contributed by atoms with Gasteiger partial charge in [0, 0.05) is 24.3 Å². The number of amides is 2. The first-order chi connectivity index (χ1) is 8.09. The van der Waals surface area contributed by atoms with Gasteiger partial charge >= 0.3 is 0 Å². The molecule has 0 spiro atoms. The second kappa shape index (κ2) is 4.45. The van der Waals surface area contributed by atoms with Gasteiger partial charge in [-0.25, -0.2) is 0 Å². The zero-order chi connectivity index (χ0) is 12.4. The maximum absolute atomic E-state index is 12.2. The topological polar surface area (TPSA) is 75.4 Å². The fourth-order valence-electron chi connectivity index (χ4n) is 1.90. The van der Waals surface area contributed by atoms with Crippen LogP contribution in [0.3, 0.4) is 0 Å². The van der Waals surface area contributed by atoms with Crippen molar-refractivity contribution in [2.24, 2.45) is 0 Å². The zero-order valence-corrected chi connectivity index (χ0v) is 9.64. The van der Waals surface area contributed by atoms with E-state index < -0.39 is 6.04 Å². The molecule has 1 aliphatic rings. The van der Waals surface area contributed by atoms with Crippen LogP contribution in [0.15, 0.2) is 24.3 Å². The molecule has 17 heavy (non-hydrogen) atoms. The summed E-state index contributed by atoms with van der Waals surface area (Å²) < 4.78 is 0. The molecule has 3 N–H and O–H groups in total. The number of piperazine rings is 1. The van der Waals surface area contributed by atoms with Crippen molar-refractivity contribution in [2.75, 3.05) is 18.8 Å². The first-order valence-corrected chi connectivity index (χ1v) is 5.54. The lowest BCUT2D eigenvalue weighted by atomic mass is 10.1. The number of rotatable bonds is 1. The van der Waals surface area contributed by atoms with E-state index in [9.17, 15) is 9.59 Å². The van der Waals surface area contributed by atoms with Crippen LogP contribution in [0.2, 0.25) is 0 Å². The Morgan fingerprint density at radius 3 is 3.00 bits per heavy atom. The van der Waals surface area contributed by atoms with E-state index in [1.165, 1.54) is 0 Å². The standard InChI is InChI=1S/C12H15N3O2/c1-8-11(16)14-5-6-15(8)12(17)9-3-2-4-10(13)7-9/h2-4,7-8H,5-6,13H2,1H3,(H,14,16). The number of nitrogen functional groups attached to an aromatic ring is 1. The Bertz CT molecular complexity index is 459. The van der Waals surface area contributed by atoms with Gasteiger partial charge in [-0.05, 0) is 25.1 Å². The van der Waals surface area contributed by atoms with Gasteiger partial charge in [0.25, 0.3) is 5.91 Å². The average Bonchev–Trinajstić information content (AvgIpc) is 2.32. The highest BCUT2D eigenvalue weighted by atomic mass is 16.2. The van der Waals surface area contributed by atoms with Gasteiger partial charge in [-0.1, -0.05) is 6.07 Å². The predicted octanol–water partition coefficient (Wildman–Crippen LogP) is 0.229. The van der Waals surface area contributed by atoms with E-state index in [1.54, 1.807) is 36.1 Å². The second-order valence-electron chi connectivity index (χ2n) is 4.09. The first-order valence-electron chi connectivity index (χ1n) is 5.54. The summed E-state index contributed by atoms with van der Waals surface area (Å²) in [5, 5.41) is 2.72. The summed E-state index contributed by atoms with van der Waals surface area (Å²) in [6.45, 7) is 2.75.